The van der Waals surface area contributed by atoms with E-state index in [0.29, 0.717) is 16.6 Å². The average molecular weight is 430 g/mol. The van der Waals surface area contributed by atoms with Crippen molar-refractivity contribution in [1.29, 1.82) is 0 Å². The maximum atomic E-state index is 12.4. The summed E-state index contributed by atoms with van der Waals surface area (Å²) >= 11 is 5.89. The summed E-state index contributed by atoms with van der Waals surface area (Å²) in [6.45, 7) is 2.12. The number of halogens is 2. The van der Waals surface area contributed by atoms with E-state index >= 15 is 0 Å². The molecule has 3 aromatic rings. The quantitative estimate of drug-likeness (QED) is 0.553. The van der Waals surface area contributed by atoms with Crippen molar-refractivity contribution in [3.8, 4) is 0 Å². The Morgan fingerprint density at radius 2 is 1.66 bits per heavy atom. The van der Waals surface area contributed by atoms with Crippen molar-refractivity contribution in [2.24, 2.45) is 0 Å². The minimum Gasteiger partial charge on any atom is -0.367 e. The van der Waals surface area contributed by atoms with Crippen LogP contribution in [0.3, 0.4) is 0 Å². The second-order valence-electron chi connectivity index (χ2n) is 7.51. The summed E-state index contributed by atoms with van der Waals surface area (Å²) in [4.78, 5) is 17.1. The van der Waals surface area contributed by atoms with Gasteiger partial charge in [-0.2, -0.15) is 0 Å². The molecule has 0 bridgehead atoms. The number of nitrogens with one attached hydrogen (secondary N) is 2. The zero-order valence-corrected chi connectivity index (χ0v) is 17.9. The van der Waals surface area contributed by atoms with Gasteiger partial charge in [0.05, 0.1) is 5.52 Å². The predicted molar refractivity (Wildman–Crippen MR) is 122 cm³/mol. The Hall–Kier alpha value is -2.30. The molecule has 4 rings (SSSR count). The molecule has 1 aliphatic carbocycles. The van der Waals surface area contributed by atoms with Gasteiger partial charge in [-0.3, -0.25) is 4.79 Å². The van der Waals surface area contributed by atoms with E-state index in [9.17, 15) is 4.79 Å². The molecular weight excluding hydrogens is 405 g/mol. The highest BCUT2D eigenvalue weighted by atomic mass is 35.5. The first-order valence-electron chi connectivity index (χ1n) is 9.78. The van der Waals surface area contributed by atoms with E-state index in [4.69, 9.17) is 16.6 Å². The largest absolute Gasteiger partial charge is 0.367 e. The van der Waals surface area contributed by atoms with Gasteiger partial charge in [-0.1, -0.05) is 29.8 Å². The third kappa shape index (κ3) is 5.20. The predicted octanol–water partition coefficient (Wildman–Crippen LogP) is 5.77. The van der Waals surface area contributed by atoms with Gasteiger partial charge in [-0.05, 0) is 74.6 Å². The molecule has 1 amide bonds. The van der Waals surface area contributed by atoms with Crippen molar-refractivity contribution >= 4 is 46.6 Å². The Bertz CT molecular complexity index is 983. The highest BCUT2D eigenvalue weighted by molar-refractivity contribution is 6.30. The second kappa shape index (κ2) is 9.47. The van der Waals surface area contributed by atoms with Gasteiger partial charge in [-0.25, -0.2) is 4.98 Å². The molecule has 1 aromatic heterocycles. The lowest BCUT2D eigenvalue weighted by Crippen LogP contribution is -2.40. The summed E-state index contributed by atoms with van der Waals surface area (Å²) in [5.41, 5.74) is 2.91. The number of benzene rings is 2. The molecule has 2 N–H and O–H groups in total. The molecular formula is C23H25Cl2N3O. The fourth-order valence-electron chi connectivity index (χ4n) is 3.88. The second-order valence-corrected chi connectivity index (χ2v) is 7.95. The summed E-state index contributed by atoms with van der Waals surface area (Å²) in [5, 5.41) is 8.57. The highest BCUT2D eigenvalue weighted by Crippen LogP contribution is 2.25. The topological polar surface area (TPSA) is 54.0 Å². The minimum absolute atomic E-state index is 0. The van der Waals surface area contributed by atoms with Crippen LogP contribution in [0.15, 0.2) is 54.6 Å². The van der Waals surface area contributed by atoms with Crippen LogP contribution in [-0.2, 0) is 0 Å². The zero-order chi connectivity index (χ0) is 19.5. The van der Waals surface area contributed by atoms with Crippen molar-refractivity contribution in [3.63, 3.8) is 0 Å². The van der Waals surface area contributed by atoms with E-state index in [1.54, 1.807) is 24.3 Å². The molecule has 0 radical (unpaired) electrons. The molecule has 0 atom stereocenters. The van der Waals surface area contributed by atoms with Gasteiger partial charge in [0.15, 0.2) is 0 Å². The third-order valence-corrected chi connectivity index (χ3v) is 5.70. The molecule has 1 fully saturated rings. The molecule has 1 aliphatic rings. The molecule has 6 heteroatoms. The van der Waals surface area contributed by atoms with Gasteiger partial charge in [0.1, 0.15) is 5.82 Å². The van der Waals surface area contributed by atoms with Crippen LogP contribution in [0.1, 0.15) is 41.6 Å². The number of carbonyl (C=O) groups excluding carboxylic acids is 1. The number of amides is 1. The first-order valence-corrected chi connectivity index (χ1v) is 10.2. The Balaban J connectivity index is 0.00000240. The fourth-order valence-corrected chi connectivity index (χ4v) is 4.01. The van der Waals surface area contributed by atoms with Crippen molar-refractivity contribution in [1.82, 2.24) is 10.3 Å². The molecule has 0 unspecified atom stereocenters. The van der Waals surface area contributed by atoms with E-state index < -0.39 is 0 Å². The molecule has 29 heavy (non-hydrogen) atoms. The third-order valence-electron chi connectivity index (χ3n) is 5.44. The number of fused-ring (bicyclic) bond motifs is 1. The standard InChI is InChI=1S/C23H24ClN3O.ClH/c1-15-14-22(27-21-5-3-2-4-20(15)21)25-18-10-12-19(13-11-18)26-23(28)16-6-8-17(24)9-7-16;/h2-9,14,18-19H,10-13H2,1H3,(H,25,27)(H,26,28);1H. The lowest BCUT2D eigenvalue weighted by Gasteiger charge is -2.30. The van der Waals surface area contributed by atoms with Crippen LogP contribution in [0.2, 0.25) is 5.02 Å². The van der Waals surface area contributed by atoms with Crippen LogP contribution in [0.5, 0.6) is 0 Å². The van der Waals surface area contributed by atoms with E-state index in [-0.39, 0.29) is 24.4 Å². The number of para-hydroxylation sites is 1. The van der Waals surface area contributed by atoms with Crippen molar-refractivity contribution < 1.29 is 4.79 Å². The number of aryl methyl sites for hydroxylation is 1. The number of carbonyl (C=O) groups is 1. The smallest absolute Gasteiger partial charge is 0.251 e. The maximum Gasteiger partial charge on any atom is 0.251 e. The van der Waals surface area contributed by atoms with Crippen LogP contribution < -0.4 is 10.6 Å². The maximum absolute atomic E-state index is 12.4. The lowest BCUT2D eigenvalue weighted by molar-refractivity contribution is 0.0926. The van der Waals surface area contributed by atoms with Gasteiger partial charge >= 0.3 is 0 Å². The van der Waals surface area contributed by atoms with E-state index in [2.05, 4.69) is 35.8 Å². The van der Waals surface area contributed by atoms with Crippen LogP contribution in [0.4, 0.5) is 5.82 Å². The number of anilines is 1. The lowest BCUT2D eigenvalue weighted by atomic mass is 9.91. The normalized spacial score (nSPS) is 18.7. The molecule has 1 heterocycles. The number of pyridine rings is 1. The Morgan fingerprint density at radius 1 is 1.00 bits per heavy atom. The van der Waals surface area contributed by atoms with E-state index in [0.717, 1.165) is 37.0 Å². The van der Waals surface area contributed by atoms with Crippen molar-refractivity contribution in [3.05, 3.63) is 70.7 Å². The molecule has 1 saturated carbocycles. The Morgan fingerprint density at radius 3 is 2.38 bits per heavy atom. The zero-order valence-electron chi connectivity index (χ0n) is 16.3. The molecule has 0 spiro atoms. The summed E-state index contributed by atoms with van der Waals surface area (Å²) < 4.78 is 0. The number of hydrogen-bond acceptors (Lipinski definition) is 3. The first kappa shape index (κ1) is 21.4. The van der Waals surface area contributed by atoms with Crippen LogP contribution in [0, 0.1) is 6.92 Å². The van der Waals surface area contributed by atoms with Gasteiger partial charge < -0.3 is 10.6 Å². The number of nitrogens with zero attached hydrogens (tertiary/aromatic N) is 1. The van der Waals surface area contributed by atoms with Gasteiger partial charge in [0.25, 0.3) is 5.91 Å². The van der Waals surface area contributed by atoms with Gasteiger partial charge in [0.2, 0.25) is 0 Å². The van der Waals surface area contributed by atoms with Crippen molar-refractivity contribution in [2.45, 2.75) is 44.7 Å². The van der Waals surface area contributed by atoms with E-state index in [1.807, 2.05) is 12.1 Å². The highest BCUT2D eigenvalue weighted by Gasteiger charge is 2.23. The monoisotopic (exact) mass is 429 g/mol. The summed E-state index contributed by atoms with van der Waals surface area (Å²) in [5.74, 6) is 0.907. The summed E-state index contributed by atoms with van der Waals surface area (Å²) in [6, 6.07) is 18.0. The number of rotatable bonds is 4. The van der Waals surface area contributed by atoms with Gasteiger partial charge in [-0.15, -0.1) is 12.4 Å². The Labute approximate surface area is 182 Å². The average Bonchev–Trinajstić information content (AvgIpc) is 2.70. The van der Waals surface area contributed by atoms with Crippen LogP contribution >= 0.6 is 24.0 Å². The van der Waals surface area contributed by atoms with Gasteiger partial charge in [0, 0.05) is 28.1 Å². The molecule has 152 valence electrons. The molecule has 2 aromatic carbocycles. The van der Waals surface area contributed by atoms with E-state index in [1.165, 1.54) is 10.9 Å². The minimum atomic E-state index is -0.0279. The first-order chi connectivity index (χ1) is 13.6. The molecule has 4 nitrogen and oxygen atoms in total. The Kier molecular flexibility index (Phi) is 6.99. The van der Waals surface area contributed by atoms with Crippen LogP contribution in [-0.4, -0.2) is 23.0 Å². The number of hydrogen-bond donors (Lipinski definition) is 2. The van der Waals surface area contributed by atoms with Crippen LogP contribution in [0.25, 0.3) is 10.9 Å². The number of aromatic nitrogens is 1. The fraction of sp³-hybridized carbons (Fsp3) is 0.304. The summed E-state index contributed by atoms with van der Waals surface area (Å²) in [7, 11) is 0. The van der Waals surface area contributed by atoms with Crippen molar-refractivity contribution in [2.75, 3.05) is 5.32 Å². The summed E-state index contributed by atoms with van der Waals surface area (Å²) in [6.07, 6.45) is 3.95. The molecule has 0 saturated heterocycles. The SMILES string of the molecule is Cc1cc(NC2CCC(NC(=O)c3ccc(Cl)cc3)CC2)nc2ccccc12.Cl. The molecule has 0 aliphatic heterocycles.